The minimum absolute atomic E-state index is 0.0619. The smallest absolute Gasteiger partial charge is 0.251 e. The maximum Gasteiger partial charge on any atom is 0.251 e. The van der Waals surface area contributed by atoms with E-state index in [2.05, 4.69) is 21.3 Å². The highest BCUT2D eigenvalue weighted by atomic mass is 16.2. The number of hydrogen-bond donors (Lipinski definition) is 4. The molecule has 0 unspecified atom stereocenters. The number of carbonyl (C=O) groups excluding carboxylic acids is 3. The van der Waals surface area contributed by atoms with Gasteiger partial charge in [0.25, 0.3) is 5.91 Å². The van der Waals surface area contributed by atoms with E-state index in [4.69, 9.17) is 0 Å². The summed E-state index contributed by atoms with van der Waals surface area (Å²) in [4.78, 5) is 35.3. The van der Waals surface area contributed by atoms with Crippen molar-refractivity contribution in [2.24, 2.45) is 0 Å². The number of hydrogen-bond acceptors (Lipinski definition) is 4. The van der Waals surface area contributed by atoms with Crippen molar-refractivity contribution in [3.05, 3.63) is 53.6 Å². The lowest BCUT2D eigenvalue weighted by Gasteiger charge is -2.14. The highest BCUT2D eigenvalue weighted by Gasteiger charge is 2.09. The van der Waals surface area contributed by atoms with E-state index in [9.17, 15) is 14.4 Å². The molecule has 4 N–H and O–H groups in total. The molecular formula is C20H24N4O3. The maximum atomic E-state index is 12.2. The van der Waals surface area contributed by atoms with E-state index in [1.165, 1.54) is 0 Å². The molecular weight excluding hydrogens is 344 g/mol. The van der Waals surface area contributed by atoms with E-state index in [1.807, 2.05) is 25.1 Å². The Morgan fingerprint density at radius 1 is 0.889 bits per heavy atom. The molecule has 0 aliphatic carbocycles. The summed E-state index contributed by atoms with van der Waals surface area (Å²) in [5.41, 5.74) is 3.48. The second-order valence-electron chi connectivity index (χ2n) is 5.94. The monoisotopic (exact) mass is 368 g/mol. The Balaban J connectivity index is 1.94. The topological polar surface area (TPSA) is 99.3 Å². The minimum Gasteiger partial charge on any atom is -0.376 e. The zero-order valence-electron chi connectivity index (χ0n) is 15.7. The van der Waals surface area contributed by atoms with Crippen molar-refractivity contribution in [2.75, 3.05) is 29.5 Å². The lowest BCUT2D eigenvalue weighted by Crippen LogP contribution is -2.22. The molecule has 0 aliphatic rings. The van der Waals surface area contributed by atoms with Crippen LogP contribution in [0.25, 0.3) is 0 Å². The molecule has 0 saturated carbocycles. The van der Waals surface area contributed by atoms with Gasteiger partial charge >= 0.3 is 0 Å². The second-order valence-corrected chi connectivity index (χ2v) is 5.94. The van der Waals surface area contributed by atoms with Crippen LogP contribution < -0.4 is 21.3 Å². The van der Waals surface area contributed by atoms with Crippen LogP contribution in [-0.4, -0.2) is 31.3 Å². The molecule has 7 heteroatoms. The summed E-state index contributed by atoms with van der Waals surface area (Å²) < 4.78 is 0. The molecule has 0 radical (unpaired) electrons. The van der Waals surface area contributed by atoms with Gasteiger partial charge in [-0.05, 0) is 48.9 Å². The summed E-state index contributed by atoms with van der Waals surface area (Å²) >= 11 is 0. The van der Waals surface area contributed by atoms with Crippen LogP contribution in [0.1, 0.15) is 29.3 Å². The molecule has 7 nitrogen and oxygen atoms in total. The first-order valence-electron chi connectivity index (χ1n) is 8.70. The molecule has 142 valence electrons. The summed E-state index contributed by atoms with van der Waals surface area (Å²) in [6, 6.07) is 12.1. The van der Waals surface area contributed by atoms with Crippen molar-refractivity contribution in [3.63, 3.8) is 0 Å². The molecule has 0 saturated heterocycles. The summed E-state index contributed by atoms with van der Waals surface area (Å²) in [7, 11) is 1.56. The third kappa shape index (κ3) is 5.57. The number of rotatable bonds is 7. The van der Waals surface area contributed by atoms with Crippen LogP contribution in [0.15, 0.2) is 42.5 Å². The third-order valence-electron chi connectivity index (χ3n) is 4.03. The van der Waals surface area contributed by atoms with Crippen molar-refractivity contribution < 1.29 is 14.4 Å². The SMILES string of the molecule is CCC(=O)Nc1cccc(NCC(=O)Nc2ccc(C(=O)NC)cc2)c1C. The van der Waals surface area contributed by atoms with Gasteiger partial charge in [0.15, 0.2) is 0 Å². The van der Waals surface area contributed by atoms with Crippen LogP contribution in [0.4, 0.5) is 17.1 Å². The van der Waals surface area contributed by atoms with Crippen molar-refractivity contribution in [1.29, 1.82) is 0 Å². The zero-order valence-corrected chi connectivity index (χ0v) is 15.7. The Labute approximate surface area is 158 Å². The fourth-order valence-corrected chi connectivity index (χ4v) is 2.43. The maximum absolute atomic E-state index is 12.2. The number of nitrogens with one attached hydrogen (secondary N) is 4. The molecule has 3 amide bonds. The highest BCUT2D eigenvalue weighted by molar-refractivity contribution is 5.97. The average molecular weight is 368 g/mol. The third-order valence-corrected chi connectivity index (χ3v) is 4.03. The molecule has 0 aliphatic heterocycles. The molecule has 2 aromatic carbocycles. The van der Waals surface area contributed by atoms with Crippen molar-refractivity contribution in [3.8, 4) is 0 Å². The summed E-state index contributed by atoms with van der Waals surface area (Å²) in [5, 5.41) is 11.2. The van der Waals surface area contributed by atoms with Crippen LogP contribution in [0.5, 0.6) is 0 Å². The summed E-state index contributed by atoms with van der Waals surface area (Å²) in [6.45, 7) is 3.74. The van der Waals surface area contributed by atoms with Crippen molar-refractivity contribution >= 4 is 34.8 Å². The van der Waals surface area contributed by atoms with Gasteiger partial charge in [-0.25, -0.2) is 0 Å². The van der Waals surface area contributed by atoms with Gasteiger partial charge in [-0.2, -0.15) is 0 Å². The Kier molecular flexibility index (Phi) is 6.93. The Hall–Kier alpha value is -3.35. The van der Waals surface area contributed by atoms with E-state index in [0.717, 1.165) is 16.9 Å². The van der Waals surface area contributed by atoms with Gasteiger partial charge in [0, 0.05) is 36.1 Å². The molecule has 2 rings (SSSR count). The predicted molar refractivity (Wildman–Crippen MR) is 107 cm³/mol. The standard InChI is InChI=1S/C20H24N4O3/c1-4-18(25)24-17-7-5-6-16(13(17)2)22-12-19(26)23-15-10-8-14(9-11-15)20(27)21-3/h5-11,22H,4,12H2,1-3H3,(H,21,27)(H,23,26)(H,24,25). The molecule has 0 aromatic heterocycles. The van der Waals surface area contributed by atoms with Crippen LogP contribution in [-0.2, 0) is 9.59 Å². The quantitative estimate of drug-likeness (QED) is 0.604. The lowest BCUT2D eigenvalue weighted by atomic mass is 10.1. The molecule has 0 bridgehead atoms. The van der Waals surface area contributed by atoms with E-state index in [1.54, 1.807) is 38.2 Å². The number of anilines is 3. The lowest BCUT2D eigenvalue weighted by molar-refractivity contribution is -0.116. The normalized spacial score (nSPS) is 10.0. The fraction of sp³-hybridized carbons (Fsp3) is 0.250. The Bertz CT molecular complexity index is 832. The summed E-state index contributed by atoms with van der Waals surface area (Å²) in [6.07, 6.45) is 0.401. The van der Waals surface area contributed by atoms with Gasteiger partial charge in [-0.3, -0.25) is 14.4 Å². The first-order valence-corrected chi connectivity index (χ1v) is 8.70. The second kappa shape index (κ2) is 9.38. The predicted octanol–water partition coefficient (Wildman–Crippen LogP) is 2.75. The molecule has 0 heterocycles. The Morgan fingerprint density at radius 2 is 1.56 bits per heavy atom. The molecule has 0 atom stereocenters. The molecule has 0 spiro atoms. The average Bonchev–Trinajstić information content (AvgIpc) is 2.68. The number of benzene rings is 2. The van der Waals surface area contributed by atoms with Gasteiger partial charge in [-0.1, -0.05) is 13.0 Å². The van der Waals surface area contributed by atoms with Crippen LogP contribution in [0.3, 0.4) is 0 Å². The van der Waals surface area contributed by atoms with E-state index < -0.39 is 0 Å². The first-order chi connectivity index (χ1) is 12.9. The molecule has 2 aromatic rings. The van der Waals surface area contributed by atoms with Gasteiger partial charge in [0.1, 0.15) is 0 Å². The van der Waals surface area contributed by atoms with Gasteiger partial charge in [-0.15, -0.1) is 0 Å². The number of amides is 3. The molecule has 27 heavy (non-hydrogen) atoms. The van der Waals surface area contributed by atoms with Crippen LogP contribution >= 0.6 is 0 Å². The van der Waals surface area contributed by atoms with E-state index in [0.29, 0.717) is 17.7 Å². The Morgan fingerprint density at radius 3 is 2.19 bits per heavy atom. The number of carbonyl (C=O) groups is 3. The van der Waals surface area contributed by atoms with E-state index >= 15 is 0 Å². The van der Waals surface area contributed by atoms with Crippen LogP contribution in [0.2, 0.25) is 0 Å². The van der Waals surface area contributed by atoms with Gasteiger partial charge < -0.3 is 21.3 Å². The highest BCUT2D eigenvalue weighted by Crippen LogP contribution is 2.23. The zero-order chi connectivity index (χ0) is 19.8. The molecule has 0 fully saturated rings. The van der Waals surface area contributed by atoms with Gasteiger partial charge in [0.05, 0.1) is 6.54 Å². The van der Waals surface area contributed by atoms with E-state index in [-0.39, 0.29) is 24.3 Å². The fourth-order valence-electron chi connectivity index (χ4n) is 2.43. The van der Waals surface area contributed by atoms with Crippen molar-refractivity contribution in [1.82, 2.24) is 5.32 Å². The minimum atomic E-state index is -0.218. The summed E-state index contributed by atoms with van der Waals surface area (Å²) in [5.74, 6) is -0.460. The van der Waals surface area contributed by atoms with Crippen LogP contribution in [0, 0.1) is 6.92 Å². The van der Waals surface area contributed by atoms with Gasteiger partial charge in [0.2, 0.25) is 11.8 Å². The largest absolute Gasteiger partial charge is 0.376 e. The first kappa shape index (κ1) is 20.0. The van der Waals surface area contributed by atoms with Crippen molar-refractivity contribution in [2.45, 2.75) is 20.3 Å².